The van der Waals surface area contributed by atoms with Crippen LogP contribution in [0.15, 0.2) is 59.7 Å². The number of guanidine groups is 1. The Morgan fingerprint density at radius 3 is 2.01 bits per heavy atom. The van der Waals surface area contributed by atoms with Gasteiger partial charge in [-0.3, -0.25) is 48.1 Å². The number of likely N-dealkylation sites (tertiary alicyclic amines) is 1. The van der Waals surface area contributed by atoms with Crippen LogP contribution in [-0.4, -0.2) is 160 Å². The number of aliphatic hydroxyl groups excluding tert-OH is 1. The van der Waals surface area contributed by atoms with Crippen LogP contribution in [0, 0.1) is 5.92 Å². The molecular weight excluding hydrogens is 1010 g/mol. The number of phenols is 1. The highest BCUT2D eigenvalue weighted by Crippen LogP contribution is 2.22. The van der Waals surface area contributed by atoms with Crippen molar-refractivity contribution in [3.05, 3.63) is 65.9 Å². The first kappa shape index (κ1) is 61.1. The van der Waals surface area contributed by atoms with Crippen LogP contribution in [0.4, 0.5) is 0 Å². The van der Waals surface area contributed by atoms with Crippen LogP contribution in [0.5, 0.6) is 5.75 Å². The van der Waals surface area contributed by atoms with E-state index in [0.717, 1.165) is 10.9 Å². The molecule has 25 heteroatoms. The number of amides is 9. The Labute approximate surface area is 453 Å². The molecule has 1 aromatic heterocycles. The van der Waals surface area contributed by atoms with Gasteiger partial charge in [0.25, 0.3) is 0 Å². The van der Waals surface area contributed by atoms with Gasteiger partial charge in [0.1, 0.15) is 54.1 Å². The van der Waals surface area contributed by atoms with E-state index in [-0.39, 0.29) is 100 Å². The SMILES string of the molecule is CCNC(=O)[C@@H]1CCCN1C(=O)[C@H](CCCN=C(N)N)NC(=O)[C@H](CC(C)C)NC(=O)[C@@H](CCCCN)NC(=O)[C@H](Cc1ccc(O)cc1)NC(=O)[C@H](CO)NC(=O)[C@H](Cc1c[nH]c2ccccc12)NC(=O)[C@@H]1CCC(=O)N1. The van der Waals surface area contributed by atoms with Crippen LogP contribution in [0.25, 0.3) is 10.9 Å². The maximum Gasteiger partial charge on any atom is 0.245 e. The minimum Gasteiger partial charge on any atom is -0.508 e. The summed E-state index contributed by atoms with van der Waals surface area (Å²) in [5.41, 5.74) is 18.8. The Hall–Kier alpha value is -7.80. The van der Waals surface area contributed by atoms with E-state index in [9.17, 15) is 53.4 Å². The Morgan fingerprint density at radius 2 is 1.36 bits per heavy atom. The highest BCUT2D eigenvalue weighted by Gasteiger charge is 2.39. The van der Waals surface area contributed by atoms with Crippen LogP contribution in [0.1, 0.15) is 96.1 Å². The van der Waals surface area contributed by atoms with E-state index in [2.05, 4.69) is 52.5 Å². The molecule has 5 rings (SSSR count). The number of rotatable bonds is 30. The number of aromatic nitrogens is 1. The highest BCUT2D eigenvalue weighted by molar-refractivity contribution is 5.99. The molecule has 2 aliphatic rings. The van der Waals surface area contributed by atoms with Crippen molar-refractivity contribution in [2.45, 2.75) is 146 Å². The van der Waals surface area contributed by atoms with Crippen molar-refractivity contribution in [1.29, 1.82) is 0 Å². The normalized spacial score (nSPS) is 17.4. The fraction of sp³-hybridized carbons (Fsp3) is 0.547. The van der Waals surface area contributed by atoms with Crippen molar-refractivity contribution in [2.75, 3.05) is 32.8 Å². The zero-order valence-electron chi connectivity index (χ0n) is 44.6. The van der Waals surface area contributed by atoms with Crippen molar-refractivity contribution in [1.82, 2.24) is 52.4 Å². The lowest BCUT2D eigenvalue weighted by Gasteiger charge is -2.30. The average Bonchev–Trinajstić information content (AvgIpc) is 4.19. The summed E-state index contributed by atoms with van der Waals surface area (Å²) in [5.74, 6) is -6.31. The molecule has 0 bridgehead atoms. The lowest BCUT2D eigenvalue weighted by molar-refractivity contribution is -0.142. The number of phenolic OH excluding ortho intramolecular Hbond substituents is 1. The quantitative estimate of drug-likeness (QED) is 0.0199. The van der Waals surface area contributed by atoms with Crippen molar-refractivity contribution in [3.8, 4) is 5.75 Å². The molecule has 8 atom stereocenters. The second-order valence-corrected chi connectivity index (χ2v) is 20.1. The number of aliphatic imine (C=N–C) groups is 1. The summed E-state index contributed by atoms with van der Waals surface area (Å²) >= 11 is 0. The number of carbonyl (C=O) groups excluding carboxylic acids is 9. The van der Waals surface area contributed by atoms with Gasteiger partial charge in [-0.25, -0.2) is 0 Å². The Bertz CT molecular complexity index is 2590. The number of nitrogens with zero attached hydrogens (tertiary/aromatic N) is 2. The number of aromatic amines is 1. The topological polar surface area (TPSA) is 400 Å². The third-order valence-corrected chi connectivity index (χ3v) is 13.5. The lowest BCUT2D eigenvalue weighted by atomic mass is 10.00. The first-order valence-electron chi connectivity index (χ1n) is 26.7. The smallest absolute Gasteiger partial charge is 0.245 e. The third kappa shape index (κ3) is 18.2. The summed E-state index contributed by atoms with van der Waals surface area (Å²) < 4.78 is 0. The summed E-state index contributed by atoms with van der Waals surface area (Å²) in [4.78, 5) is 133. The first-order chi connectivity index (χ1) is 37.3. The summed E-state index contributed by atoms with van der Waals surface area (Å²) in [5, 5.41) is 42.9. The molecule has 0 unspecified atom stereocenters. The van der Waals surface area contributed by atoms with Gasteiger partial charge in [0.05, 0.1) is 6.61 Å². The van der Waals surface area contributed by atoms with E-state index in [1.165, 1.54) is 29.2 Å². The van der Waals surface area contributed by atoms with E-state index >= 15 is 0 Å². The largest absolute Gasteiger partial charge is 0.508 e. The molecule has 17 N–H and O–H groups in total. The average molecular weight is 1090 g/mol. The van der Waals surface area contributed by atoms with Crippen LogP contribution in [0.3, 0.4) is 0 Å². The van der Waals surface area contributed by atoms with Gasteiger partial charge in [0.15, 0.2) is 5.96 Å². The molecule has 2 aromatic carbocycles. The van der Waals surface area contributed by atoms with Crippen molar-refractivity contribution >= 4 is 70.0 Å². The van der Waals surface area contributed by atoms with Crippen molar-refractivity contribution in [3.63, 3.8) is 0 Å². The number of aromatic hydroxyl groups is 1. The molecule has 78 heavy (non-hydrogen) atoms. The summed E-state index contributed by atoms with van der Waals surface area (Å²) in [6.07, 6.45) is 4.08. The number of nitrogens with one attached hydrogen (secondary N) is 9. The third-order valence-electron chi connectivity index (χ3n) is 13.5. The number of H-pyrrole nitrogens is 1. The van der Waals surface area contributed by atoms with Gasteiger partial charge in [0.2, 0.25) is 53.2 Å². The van der Waals surface area contributed by atoms with Gasteiger partial charge in [-0.2, -0.15) is 0 Å². The lowest BCUT2D eigenvalue weighted by Crippen LogP contribution is -2.61. The standard InChI is InChI=1S/C53H78N14O11/c1-4-57-51(77)43-15-10-24-67(43)52(78)38(14-9-23-58-53(55)56)62-47(73)39(25-30(2)3)63-45(71)36(13-7-8-22-54)61-48(74)40(26-31-16-18-33(69)19-17-31)64-50(76)42(29-68)66-49(75)41(65-46(72)37-20-21-44(70)60-37)27-32-28-59-35-12-6-5-11-34(32)35/h5-6,11-12,16-19,28,30,36-43,59,68-69H,4,7-10,13-15,20-27,29,54H2,1-3H3,(H,57,77)(H,60,70)(H,61,74)(H,62,73)(H,63,71)(H,64,76)(H,65,72)(H,66,75)(H4,55,56,58)/t36-,37+,38+,39+,40+,41+,42+,43+/m1/s1. The second-order valence-electron chi connectivity index (χ2n) is 20.1. The highest BCUT2D eigenvalue weighted by atomic mass is 16.3. The Balaban J connectivity index is 1.36. The Morgan fingerprint density at radius 1 is 0.744 bits per heavy atom. The van der Waals surface area contributed by atoms with E-state index in [1.807, 2.05) is 32.0 Å². The molecule has 0 spiro atoms. The molecule has 0 aliphatic carbocycles. The molecule has 3 aromatic rings. The van der Waals surface area contributed by atoms with E-state index in [4.69, 9.17) is 17.2 Å². The van der Waals surface area contributed by atoms with Gasteiger partial charge in [-0.15, -0.1) is 0 Å². The van der Waals surface area contributed by atoms with Gasteiger partial charge in [-0.1, -0.05) is 44.2 Å². The monoisotopic (exact) mass is 1090 g/mol. The number of hydrogen-bond donors (Lipinski definition) is 14. The number of unbranched alkanes of at least 4 members (excludes halogenated alkanes) is 1. The molecule has 2 saturated heterocycles. The van der Waals surface area contributed by atoms with E-state index < -0.39 is 96.3 Å². The zero-order valence-corrected chi connectivity index (χ0v) is 44.6. The number of fused-ring (bicyclic) bond motifs is 1. The van der Waals surface area contributed by atoms with Crippen molar-refractivity contribution in [2.24, 2.45) is 28.1 Å². The molecule has 2 aliphatic heterocycles. The fourth-order valence-corrected chi connectivity index (χ4v) is 9.47. The molecule has 426 valence electrons. The Kier molecular flexibility index (Phi) is 23.7. The number of para-hydroxylation sites is 1. The number of likely N-dealkylation sites (N-methyl/N-ethyl adjacent to an activating group) is 1. The maximum atomic E-state index is 14.5. The summed E-state index contributed by atoms with van der Waals surface area (Å²) in [6.45, 7) is 5.55. The van der Waals surface area contributed by atoms with Crippen molar-refractivity contribution < 1.29 is 53.4 Å². The maximum absolute atomic E-state index is 14.5. The minimum absolute atomic E-state index is 0.0378. The molecule has 9 amide bonds. The molecular formula is C53H78N14O11. The summed E-state index contributed by atoms with van der Waals surface area (Å²) in [6, 6.07) is 3.32. The predicted octanol–water partition coefficient (Wildman–Crippen LogP) is -1.81. The molecule has 25 nitrogen and oxygen atoms in total. The number of carbonyl (C=O) groups is 9. The van der Waals surface area contributed by atoms with E-state index in [1.54, 1.807) is 19.2 Å². The fourth-order valence-electron chi connectivity index (χ4n) is 9.47. The van der Waals surface area contributed by atoms with Gasteiger partial charge >= 0.3 is 0 Å². The van der Waals surface area contributed by atoms with Crippen LogP contribution in [-0.2, 0) is 56.0 Å². The molecule has 3 heterocycles. The van der Waals surface area contributed by atoms with E-state index in [0.29, 0.717) is 43.4 Å². The van der Waals surface area contributed by atoms with Crippen LogP contribution < -0.4 is 59.7 Å². The summed E-state index contributed by atoms with van der Waals surface area (Å²) in [7, 11) is 0. The molecule has 0 radical (unpaired) electrons. The predicted molar refractivity (Wildman–Crippen MR) is 289 cm³/mol. The second kappa shape index (κ2) is 30.2. The first-order valence-corrected chi connectivity index (χ1v) is 26.7. The van der Waals surface area contributed by atoms with Crippen LogP contribution >= 0.6 is 0 Å². The van der Waals surface area contributed by atoms with Gasteiger partial charge < -0.3 is 79.8 Å². The number of hydrogen-bond acceptors (Lipinski definition) is 13. The zero-order chi connectivity index (χ0) is 56.9. The molecule has 2 fully saturated rings. The van der Waals surface area contributed by atoms with Gasteiger partial charge in [0, 0.05) is 56.0 Å². The number of nitrogens with two attached hydrogens (primary N) is 3. The minimum atomic E-state index is -1.67. The number of benzene rings is 2. The van der Waals surface area contributed by atoms with Crippen LogP contribution in [0.2, 0.25) is 0 Å². The molecule has 0 saturated carbocycles. The number of aliphatic hydroxyl groups is 1. The van der Waals surface area contributed by atoms with Gasteiger partial charge in [-0.05, 0) is 106 Å².